The minimum atomic E-state index is -4.55. The van der Waals surface area contributed by atoms with Crippen LogP contribution in [0.4, 0.5) is 18.9 Å². The maximum Gasteiger partial charge on any atom is 0.416 e. The van der Waals surface area contributed by atoms with Gasteiger partial charge in [-0.25, -0.2) is 0 Å². The Morgan fingerprint density at radius 2 is 1.75 bits per heavy atom. The normalized spacial score (nSPS) is 15.6. The van der Waals surface area contributed by atoms with Crippen molar-refractivity contribution in [3.05, 3.63) is 63.1 Å². The molecule has 2 aromatic carbocycles. The van der Waals surface area contributed by atoms with Crippen LogP contribution in [0.25, 0.3) is 0 Å². The van der Waals surface area contributed by atoms with Gasteiger partial charge in [-0.2, -0.15) is 13.2 Å². The number of halogens is 5. The monoisotopic (exact) mass is 430 g/mol. The fraction of sp³-hybridized carbons (Fsp3) is 0.263. The van der Waals surface area contributed by atoms with Crippen LogP contribution < -0.4 is 11.1 Å². The second kappa shape index (κ2) is 7.29. The molecule has 1 saturated carbocycles. The first-order valence-electron chi connectivity index (χ1n) is 8.33. The molecular formula is C19H15Cl2F3N2O2. The lowest BCUT2D eigenvalue weighted by Gasteiger charge is -2.40. The predicted octanol–water partition coefficient (Wildman–Crippen LogP) is 5.17. The number of rotatable bonds is 4. The summed E-state index contributed by atoms with van der Waals surface area (Å²) in [5, 5.41) is 2.49. The molecule has 0 aliphatic heterocycles. The first-order valence-corrected chi connectivity index (χ1v) is 9.08. The number of anilines is 1. The Hall–Kier alpha value is -2.25. The predicted molar refractivity (Wildman–Crippen MR) is 101 cm³/mol. The molecule has 0 bridgehead atoms. The van der Waals surface area contributed by atoms with Crippen LogP contribution in [0.1, 0.15) is 40.7 Å². The third-order valence-electron chi connectivity index (χ3n) is 4.97. The van der Waals surface area contributed by atoms with Gasteiger partial charge in [0.05, 0.1) is 21.7 Å². The minimum Gasteiger partial charge on any atom is -0.369 e. The van der Waals surface area contributed by atoms with Crippen molar-refractivity contribution in [2.45, 2.75) is 30.9 Å². The van der Waals surface area contributed by atoms with Gasteiger partial charge in [0.15, 0.2) is 0 Å². The van der Waals surface area contributed by atoms with Crippen LogP contribution in [0.2, 0.25) is 10.0 Å². The highest BCUT2D eigenvalue weighted by molar-refractivity contribution is 6.34. The maximum atomic E-state index is 12.8. The molecule has 148 valence electrons. The average molecular weight is 431 g/mol. The molecule has 3 rings (SSSR count). The number of hydrogen-bond acceptors (Lipinski definition) is 2. The van der Waals surface area contributed by atoms with Crippen LogP contribution in [0.15, 0.2) is 36.4 Å². The summed E-state index contributed by atoms with van der Waals surface area (Å²) in [5.41, 5.74) is 4.26. The lowest BCUT2D eigenvalue weighted by Crippen LogP contribution is -2.47. The van der Waals surface area contributed by atoms with Crippen LogP contribution >= 0.6 is 23.2 Å². The van der Waals surface area contributed by atoms with Crippen molar-refractivity contribution in [2.75, 3.05) is 5.32 Å². The van der Waals surface area contributed by atoms with E-state index in [0.717, 1.165) is 24.6 Å². The summed E-state index contributed by atoms with van der Waals surface area (Å²) in [6.07, 6.45) is -2.75. The number of nitrogens with one attached hydrogen (secondary N) is 1. The highest BCUT2D eigenvalue weighted by Gasteiger charge is 2.46. The van der Waals surface area contributed by atoms with Crippen molar-refractivity contribution >= 4 is 40.7 Å². The van der Waals surface area contributed by atoms with Crippen molar-refractivity contribution in [2.24, 2.45) is 5.73 Å². The summed E-state index contributed by atoms with van der Waals surface area (Å²) in [6.45, 7) is 0. The number of hydrogen-bond donors (Lipinski definition) is 2. The van der Waals surface area contributed by atoms with Crippen LogP contribution in [0.3, 0.4) is 0 Å². The Morgan fingerprint density at radius 3 is 2.25 bits per heavy atom. The van der Waals surface area contributed by atoms with Gasteiger partial charge in [-0.1, -0.05) is 35.7 Å². The topological polar surface area (TPSA) is 72.2 Å². The van der Waals surface area contributed by atoms with Crippen LogP contribution in [-0.4, -0.2) is 11.8 Å². The largest absolute Gasteiger partial charge is 0.416 e. The Balaban J connectivity index is 1.96. The first kappa shape index (κ1) is 20.5. The standard InChI is InChI=1S/C19H15Cl2F3N2O2/c20-11-3-4-13(18(17(25)28)6-1-7-18)12(9-11)16(27)26-15-5-2-10(8-14(15)21)19(22,23)24/h2-5,8-9H,1,6-7H2,(H2,25,28)(H,26,27). The fourth-order valence-electron chi connectivity index (χ4n) is 3.28. The highest BCUT2D eigenvalue weighted by atomic mass is 35.5. The number of carbonyl (C=O) groups excluding carboxylic acids is 2. The number of nitrogens with two attached hydrogens (primary N) is 1. The second-order valence-electron chi connectivity index (χ2n) is 6.64. The van der Waals surface area contributed by atoms with Gasteiger partial charge in [-0.05, 0) is 48.7 Å². The molecule has 28 heavy (non-hydrogen) atoms. The molecule has 0 heterocycles. The zero-order valence-corrected chi connectivity index (χ0v) is 15.9. The summed E-state index contributed by atoms with van der Waals surface area (Å²) < 4.78 is 38.3. The van der Waals surface area contributed by atoms with E-state index in [4.69, 9.17) is 28.9 Å². The molecule has 2 aromatic rings. The van der Waals surface area contributed by atoms with Gasteiger partial charge in [-0.3, -0.25) is 9.59 Å². The van der Waals surface area contributed by atoms with Crippen molar-refractivity contribution in [3.8, 4) is 0 Å². The summed E-state index contributed by atoms with van der Waals surface area (Å²) in [5.74, 6) is -1.19. The van der Waals surface area contributed by atoms with Gasteiger partial charge in [0.25, 0.3) is 5.91 Å². The maximum absolute atomic E-state index is 12.8. The molecule has 0 radical (unpaired) electrons. The van der Waals surface area contributed by atoms with E-state index in [2.05, 4.69) is 5.32 Å². The third-order valence-corrected chi connectivity index (χ3v) is 5.51. The van der Waals surface area contributed by atoms with Crippen molar-refractivity contribution < 1.29 is 22.8 Å². The fourth-order valence-corrected chi connectivity index (χ4v) is 3.68. The summed E-state index contributed by atoms with van der Waals surface area (Å²) >= 11 is 11.9. The molecule has 0 atom stereocenters. The molecule has 0 aromatic heterocycles. The van der Waals surface area contributed by atoms with Gasteiger partial charge in [0, 0.05) is 10.6 Å². The quantitative estimate of drug-likeness (QED) is 0.701. The van der Waals surface area contributed by atoms with Gasteiger partial charge >= 0.3 is 6.18 Å². The van der Waals surface area contributed by atoms with Gasteiger partial charge < -0.3 is 11.1 Å². The van der Waals surface area contributed by atoms with Crippen molar-refractivity contribution in [1.82, 2.24) is 0 Å². The average Bonchev–Trinajstić information content (AvgIpc) is 2.55. The lowest BCUT2D eigenvalue weighted by molar-refractivity contribution is -0.137. The molecule has 1 aliphatic rings. The van der Waals surface area contributed by atoms with Crippen molar-refractivity contribution in [1.29, 1.82) is 0 Å². The minimum absolute atomic E-state index is 0.00678. The summed E-state index contributed by atoms with van der Waals surface area (Å²) in [4.78, 5) is 24.9. The SMILES string of the molecule is NC(=O)C1(c2ccc(Cl)cc2C(=O)Nc2ccc(C(F)(F)F)cc2Cl)CCC1. The second-order valence-corrected chi connectivity index (χ2v) is 7.48. The zero-order valence-electron chi connectivity index (χ0n) is 14.4. The molecule has 2 amide bonds. The number of amides is 2. The lowest BCUT2D eigenvalue weighted by atomic mass is 9.63. The van der Waals surface area contributed by atoms with Crippen LogP contribution in [-0.2, 0) is 16.4 Å². The van der Waals surface area contributed by atoms with E-state index in [1.807, 2.05) is 0 Å². The van der Waals surface area contributed by atoms with E-state index in [-0.39, 0.29) is 21.3 Å². The molecule has 3 N–H and O–H groups in total. The molecule has 4 nitrogen and oxygen atoms in total. The van der Waals surface area contributed by atoms with E-state index >= 15 is 0 Å². The highest BCUT2D eigenvalue weighted by Crippen LogP contribution is 2.45. The van der Waals surface area contributed by atoms with Crippen LogP contribution in [0, 0.1) is 0 Å². The van der Waals surface area contributed by atoms with E-state index in [1.54, 1.807) is 12.1 Å². The molecule has 0 saturated heterocycles. The smallest absolute Gasteiger partial charge is 0.369 e. The van der Waals surface area contributed by atoms with Crippen LogP contribution in [0.5, 0.6) is 0 Å². The van der Waals surface area contributed by atoms with Gasteiger partial charge in [-0.15, -0.1) is 0 Å². The summed E-state index contributed by atoms with van der Waals surface area (Å²) in [7, 11) is 0. The number of alkyl halides is 3. The van der Waals surface area contributed by atoms with Gasteiger partial charge in [0.2, 0.25) is 5.91 Å². The Kier molecular flexibility index (Phi) is 5.34. The van der Waals surface area contributed by atoms with E-state index in [0.29, 0.717) is 18.4 Å². The van der Waals surface area contributed by atoms with E-state index in [1.165, 1.54) is 6.07 Å². The molecular weight excluding hydrogens is 416 g/mol. The Bertz CT molecular complexity index is 957. The Labute approximate surface area is 168 Å². The van der Waals surface area contributed by atoms with E-state index < -0.39 is 29.0 Å². The van der Waals surface area contributed by atoms with Gasteiger partial charge in [0.1, 0.15) is 0 Å². The molecule has 0 spiro atoms. The summed E-state index contributed by atoms with van der Waals surface area (Å²) in [6, 6.07) is 7.15. The zero-order chi connectivity index (χ0) is 20.7. The van der Waals surface area contributed by atoms with E-state index in [9.17, 15) is 22.8 Å². The Morgan fingerprint density at radius 1 is 1.07 bits per heavy atom. The third kappa shape index (κ3) is 3.69. The molecule has 0 unspecified atom stereocenters. The number of carbonyl (C=O) groups is 2. The first-order chi connectivity index (χ1) is 13.0. The number of primary amides is 1. The van der Waals surface area contributed by atoms with Crippen molar-refractivity contribution in [3.63, 3.8) is 0 Å². The molecule has 1 aliphatic carbocycles. The molecule has 9 heteroatoms. The molecule has 1 fully saturated rings. The number of benzene rings is 2.